The lowest BCUT2D eigenvalue weighted by Crippen LogP contribution is -2.45. The molecule has 2 aliphatic heterocycles. The summed E-state index contributed by atoms with van der Waals surface area (Å²) in [5.41, 5.74) is 5.88. The van der Waals surface area contributed by atoms with Gasteiger partial charge < -0.3 is 29.2 Å². The summed E-state index contributed by atoms with van der Waals surface area (Å²) < 4.78 is 10.4. The van der Waals surface area contributed by atoms with E-state index in [0.717, 1.165) is 76.9 Å². The van der Waals surface area contributed by atoms with E-state index in [4.69, 9.17) is 9.72 Å². The monoisotopic (exact) mass is 645 g/mol. The molecule has 9 heteroatoms. The number of methoxy groups -OCH3 is 1. The number of hydrogen-bond acceptors (Lipinski definition) is 5. The van der Waals surface area contributed by atoms with Gasteiger partial charge >= 0.3 is 0 Å². The molecule has 2 N–H and O–H groups in total. The number of piperidine rings is 1. The van der Waals surface area contributed by atoms with Crippen LogP contribution >= 0.6 is 0 Å². The number of para-hydroxylation sites is 1. The van der Waals surface area contributed by atoms with Gasteiger partial charge in [-0.15, -0.1) is 0 Å². The first kappa shape index (κ1) is 30.7. The Morgan fingerprint density at radius 1 is 1.06 bits per heavy atom. The van der Waals surface area contributed by atoms with Crippen molar-refractivity contribution in [2.75, 3.05) is 19.0 Å². The van der Waals surface area contributed by atoms with Gasteiger partial charge in [-0.2, -0.15) is 0 Å². The maximum Gasteiger partial charge on any atom is 0.260 e. The van der Waals surface area contributed by atoms with E-state index in [0.29, 0.717) is 34.4 Å². The average Bonchev–Trinajstić information content (AvgIpc) is 3.69. The molecule has 9 nitrogen and oxygen atoms in total. The molecule has 1 unspecified atom stereocenters. The fraction of sp³-hybridized carbons (Fsp3) is 0.410. The summed E-state index contributed by atoms with van der Waals surface area (Å²) in [6.45, 7) is 7.53. The Morgan fingerprint density at radius 2 is 1.85 bits per heavy atom. The molecule has 3 aromatic carbocycles. The molecule has 8 rings (SSSR count). The zero-order valence-corrected chi connectivity index (χ0v) is 28.3. The molecule has 1 aliphatic carbocycles. The van der Waals surface area contributed by atoms with Crippen LogP contribution in [0.2, 0.25) is 0 Å². The molecule has 2 fully saturated rings. The van der Waals surface area contributed by atoms with Crippen LogP contribution in [0.3, 0.4) is 0 Å². The summed E-state index contributed by atoms with van der Waals surface area (Å²) in [6, 6.07) is 18.3. The van der Waals surface area contributed by atoms with Gasteiger partial charge in [-0.3, -0.25) is 9.59 Å². The second kappa shape index (κ2) is 11.2. The molecular formula is C39H43N5O4. The van der Waals surface area contributed by atoms with E-state index in [1.165, 1.54) is 12.8 Å². The molecule has 248 valence electrons. The van der Waals surface area contributed by atoms with Crippen LogP contribution in [0.1, 0.15) is 68.8 Å². The van der Waals surface area contributed by atoms with Gasteiger partial charge in [0.2, 0.25) is 0 Å². The molecule has 1 saturated carbocycles. The van der Waals surface area contributed by atoms with E-state index < -0.39 is 11.5 Å². The third-order valence-electron chi connectivity index (χ3n) is 11.1. The number of carbonyl (C=O) groups excluding carboxylic acids is 2. The van der Waals surface area contributed by atoms with Gasteiger partial charge in [0, 0.05) is 53.9 Å². The zero-order chi connectivity index (χ0) is 33.5. The first-order chi connectivity index (χ1) is 23.1. The minimum atomic E-state index is -1.59. The molecule has 0 radical (unpaired) electrons. The number of likely N-dealkylation sites (tertiary alicyclic amines) is 1. The van der Waals surface area contributed by atoms with E-state index >= 15 is 0 Å². The summed E-state index contributed by atoms with van der Waals surface area (Å²) in [5, 5.41) is 14.9. The lowest BCUT2D eigenvalue weighted by molar-refractivity contribution is -0.131. The van der Waals surface area contributed by atoms with E-state index in [1.807, 2.05) is 42.3 Å². The van der Waals surface area contributed by atoms with Gasteiger partial charge in [-0.1, -0.05) is 37.6 Å². The third-order valence-corrected chi connectivity index (χ3v) is 11.1. The van der Waals surface area contributed by atoms with Crippen molar-refractivity contribution >= 4 is 39.4 Å². The van der Waals surface area contributed by atoms with Crippen LogP contribution in [-0.2, 0) is 24.0 Å². The molecule has 2 aromatic heterocycles. The van der Waals surface area contributed by atoms with Crippen LogP contribution in [0.15, 0.2) is 54.6 Å². The predicted molar refractivity (Wildman–Crippen MR) is 188 cm³/mol. The van der Waals surface area contributed by atoms with Crippen LogP contribution in [-0.4, -0.2) is 55.6 Å². The summed E-state index contributed by atoms with van der Waals surface area (Å²) in [7, 11) is 3.67. The van der Waals surface area contributed by atoms with Crippen LogP contribution in [0.25, 0.3) is 44.6 Å². The molecule has 1 saturated heterocycles. The standard InChI is InChI=1S/C39H43N5O4/c1-6-23-11-10-22(2)43(20-23)37(45)27-17-31-35(33(19-27)48-5)42(4)36(40-31)32-18-26-8-7-9-28(34(26)44(32)21-24-12-13-24)25-14-15-30-29(16-25)39(3,47)38(46)41-30/h7-9,14-19,22-24,47H,6,10-13,20-21H2,1-5H3,(H,41,46)/t22-,23+,39?/m0/s1. The minimum absolute atomic E-state index is 0.0331. The first-order valence-electron chi connectivity index (χ1n) is 17.3. The van der Waals surface area contributed by atoms with Crippen LogP contribution in [0.4, 0.5) is 5.69 Å². The van der Waals surface area contributed by atoms with Crippen LogP contribution < -0.4 is 10.1 Å². The van der Waals surface area contributed by atoms with Gasteiger partial charge in [-0.25, -0.2) is 4.98 Å². The van der Waals surface area contributed by atoms with Gasteiger partial charge in [0.05, 0.1) is 23.8 Å². The van der Waals surface area contributed by atoms with Crippen molar-refractivity contribution in [3.8, 4) is 28.4 Å². The van der Waals surface area contributed by atoms with E-state index in [2.05, 4.69) is 52.6 Å². The number of aliphatic hydroxyl groups is 1. The number of benzene rings is 3. The maximum absolute atomic E-state index is 13.9. The van der Waals surface area contributed by atoms with E-state index in [-0.39, 0.29) is 11.9 Å². The van der Waals surface area contributed by atoms with Crippen molar-refractivity contribution < 1.29 is 19.4 Å². The normalized spacial score (nSPS) is 22.4. The lowest BCUT2D eigenvalue weighted by Gasteiger charge is -2.38. The topological polar surface area (TPSA) is 102 Å². The molecule has 5 aromatic rings. The van der Waals surface area contributed by atoms with Crippen molar-refractivity contribution in [2.24, 2.45) is 18.9 Å². The molecule has 0 spiro atoms. The molecule has 2 amide bonds. The fourth-order valence-electron chi connectivity index (χ4n) is 7.86. The minimum Gasteiger partial charge on any atom is -0.494 e. The maximum atomic E-state index is 13.9. The predicted octanol–water partition coefficient (Wildman–Crippen LogP) is 7.09. The number of carbonyl (C=O) groups is 2. The number of hydrogen-bond donors (Lipinski definition) is 2. The number of imidazole rings is 1. The van der Waals surface area contributed by atoms with Crippen LogP contribution in [0, 0.1) is 11.8 Å². The van der Waals surface area contributed by atoms with Crippen molar-refractivity contribution in [2.45, 2.75) is 71.1 Å². The number of rotatable bonds is 7. The second-order valence-corrected chi connectivity index (χ2v) is 14.3. The molecule has 0 bridgehead atoms. The number of aromatic nitrogens is 3. The highest BCUT2D eigenvalue weighted by Crippen LogP contribution is 2.43. The summed E-state index contributed by atoms with van der Waals surface area (Å²) in [6.07, 6.45) is 5.63. The third kappa shape index (κ3) is 4.81. The smallest absolute Gasteiger partial charge is 0.260 e. The quantitative estimate of drug-likeness (QED) is 0.197. The van der Waals surface area contributed by atoms with Gasteiger partial charge in [0.15, 0.2) is 11.4 Å². The summed E-state index contributed by atoms with van der Waals surface area (Å²) in [4.78, 5) is 33.7. The van der Waals surface area contributed by atoms with Gasteiger partial charge in [0.25, 0.3) is 11.8 Å². The number of nitrogens with one attached hydrogen (secondary N) is 1. The van der Waals surface area contributed by atoms with Gasteiger partial charge in [0.1, 0.15) is 11.3 Å². The van der Waals surface area contributed by atoms with Crippen molar-refractivity contribution in [1.29, 1.82) is 0 Å². The van der Waals surface area contributed by atoms with Crippen molar-refractivity contribution in [3.63, 3.8) is 0 Å². The number of aryl methyl sites for hydroxylation is 1. The van der Waals surface area contributed by atoms with Gasteiger partial charge in [-0.05, 0) is 87.3 Å². The van der Waals surface area contributed by atoms with E-state index in [9.17, 15) is 14.7 Å². The average molecular weight is 646 g/mol. The van der Waals surface area contributed by atoms with E-state index in [1.54, 1.807) is 14.0 Å². The molecule has 3 aliphatic rings. The Bertz CT molecular complexity index is 2120. The second-order valence-electron chi connectivity index (χ2n) is 14.3. The Hall–Kier alpha value is -4.63. The molecule has 3 atom stereocenters. The molecule has 48 heavy (non-hydrogen) atoms. The Labute approximate surface area is 280 Å². The molecule has 4 heterocycles. The lowest BCUT2D eigenvalue weighted by atomic mass is 9.91. The van der Waals surface area contributed by atoms with Crippen molar-refractivity contribution in [1.82, 2.24) is 19.0 Å². The van der Waals surface area contributed by atoms with Crippen LogP contribution in [0.5, 0.6) is 5.75 Å². The number of fused-ring (bicyclic) bond motifs is 3. The zero-order valence-electron chi connectivity index (χ0n) is 28.3. The Morgan fingerprint density at radius 3 is 2.60 bits per heavy atom. The Balaban J connectivity index is 1.26. The Kier molecular flexibility index (Phi) is 7.18. The number of nitrogens with zero attached hydrogens (tertiary/aromatic N) is 4. The number of amides is 2. The highest BCUT2D eigenvalue weighted by molar-refractivity contribution is 6.06. The summed E-state index contributed by atoms with van der Waals surface area (Å²) >= 11 is 0. The largest absolute Gasteiger partial charge is 0.494 e. The van der Waals surface area contributed by atoms with Crippen molar-refractivity contribution in [3.05, 3.63) is 65.7 Å². The highest BCUT2D eigenvalue weighted by Gasteiger charge is 2.41. The highest BCUT2D eigenvalue weighted by atomic mass is 16.5. The summed E-state index contributed by atoms with van der Waals surface area (Å²) in [5.74, 6) is 2.17. The molecular weight excluding hydrogens is 602 g/mol. The SMILES string of the molecule is CC[C@@H]1CC[C@H](C)N(C(=O)c2cc(OC)c3c(c2)nc(-c2cc4cccc(-c5ccc6c(c5)C(C)(O)C(=O)N6)c4n2CC2CC2)n3C)C1. The number of ether oxygens (including phenoxy) is 1. The first-order valence-corrected chi connectivity index (χ1v) is 17.3. The number of anilines is 1. The fourth-order valence-corrected chi connectivity index (χ4v) is 7.86.